The second-order valence-electron chi connectivity index (χ2n) is 3.34. The van der Waals surface area contributed by atoms with Crippen LogP contribution in [0.1, 0.15) is 32.6 Å². The van der Waals surface area contributed by atoms with E-state index in [0.29, 0.717) is 5.02 Å². The molecule has 0 saturated carbocycles. The number of unbranched alkanes of at least 4 members (excludes halogenated alkanes) is 3. The summed E-state index contributed by atoms with van der Waals surface area (Å²) in [5.41, 5.74) is 0. The number of hydrogen-bond acceptors (Lipinski definition) is 1. The van der Waals surface area contributed by atoms with Crippen LogP contribution in [-0.2, 0) is 0 Å². The first-order valence-corrected chi connectivity index (χ1v) is 5.59. The van der Waals surface area contributed by atoms with Gasteiger partial charge in [-0.1, -0.05) is 49.9 Å². The molecule has 0 fully saturated rings. The van der Waals surface area contributed by atoms with Gasteiger partial charge in [0.05, 0.1) is 11.6 Å². The lowest BCUT2D eigenvalue weighted by Crippen LogP contribution is -1.97. The van der Waals surface area contributed by atoms with Crippen LogP contribution in [0, 0.1) is 0 Å². The van der Waals surface area contributed by atoms with Gasteiger partial charge in [-0.15, -0.1) is 0 Å². The topological polar surface area (TPSA) is 9.23 Å². The molecule has 1 aromatic carbocycles. The van der Waals surface area contributed by atoms with Crippen molar-refractivity contribution < 1.29 is 4.74 Å². The molecular weight excluding hydrogens is 196 g/mol. The van der Waals surface area contributed by atoms with Crippen molar-refractivity contribution in [1.82, 2.24) is 0 Å². The lowest BCUT2D eigenvalue weighted by Gasteiger charge is -2.06. The van der Waals surface area contributed by atoms with Crippen LogP contribution in [0.5, 0.6) is 5.75 Å². The minimum atomic E-state index is 0.697. The van der Waals surface area contributed by atoms with E-state index >= 15 is 0 Å². The highest BCUT2D eigenvalue weighted by atomic mass is 35.5. The van der Waals surface area contributed by atoms with E-state index in [4.69, 9.17) is 16.3 Å². The molecule has 2 heteroatoms. The van der Waals surface area contributed by atoms with Gasteiger partial charge in [-0.25, -0.2) is 0 Å². The maximum absolute atomic E-state index is 5.94. The first kappa shape index (κ1) is 11.4. The van der Waals surface area contributed by atoms with Crippen LogP contribution >= 0.6 is 11.6 Å². The van der Waals surface area contributed by atoms with Gasteiger partial charge in [-0.3, -0.25) is 0 Å². The summed E-state index contributed by atoms with van der Waals surface area (Å²) in [6, 6.07) is 7.60. The molecule has 0 aliphatic heterocycles. The normalized spacial score (nSPS) is 10.1. The third-order valence-electron chi connectivity index (χ3n) is 2.09. The number of benzene rings is 1. The summed E-state index contributed by atoms with van der Waals surface area (Å²) < 4.78 is 5.55. The van der Waals surface area contributed by atoms with Crippen molar-refractivity contribution in [3.05, 3.63) is 29.3 Å². The Kier molecular flexibility index (Phi) is 5.46. The standard InChI is InChI=1S/C12H17ClO/c1-2-3-4-7-10-14-12-9-6-5-8-11(12)13/h5-6,8-9H,2-4,7,10H2,1H3. The largest absolute Gasteiger partial charge is 0.492 e. The Morgan fingerprint density at radius 1 is 1.14 bits per heavy atom. The highest BCUT2D eigenvalue weighted by molar-refractivity contribution is 6.32. The molecular formula is C12H17ClO. The van der Waals surface area contributed by atoms with Gasteiger partial charge in [0.1, 0.15) is 5.75 Å². The molecule has 1 nitrogen and oxygen atoms in total. The molecule has 0 saturated heterocycles. The summed E-state index contributed by atoms with van der Waals surface area (Å²) in [7, 11) is 0. The van der Waals surface area contributed by atoms with E-state index in [0.717, 1.165) is 18.8 Å². The van der Waals surface area contributed by atoms with Crippen LogP contribution in [0.3, 0.4) is 0 Å². The lowest BCUT2D eigenvalue weighted by atomic mass is 10.2. The average molecular weight is 213 g/mol. The molecule has 0 bridgehead atoms. The zero-order valence-electron chi connectivity index (χ0n) is 8.63. The fourth-order valence-electron chi connectivity index (χ4n) is 1.27. The van der Waals surface area contributed by atoms with Crippen molar-refractivity contribution in [1.29, 1.82) is 0 Å². The van der Waals surface area contributed by atoms with Gasteiger partial charge in [-0.2, -0.15) is 0 Å². The van der Waals surface area contributed by atoms with Gasteiger partial charge in [-0.05, 0) is 18.6 Å². The van der Waals surface area contributed by atoms with Crippen LogP contribution in [0.2, 0.25) is 5.02 Å². The molecule has 0 aliphatic carbocycles. The van der Waals surface area contributed by atoms with Gasteiger partial charge in [0.15, 0.2) is 0 Å². The Hall–Kier alpha value is -0.690. The second kappa shape index (κ2) is 6.72. The number of halogens is 1. The lowest BCUT2D eigenvalue weighted by molar-refractivity contribution is 0.305. The Bertz CT molecular complexity index is 260. The minimum absolute atomic E-state index is 0.697. The van der Waals surface area contributed by atoms with Gasteiger partial charge in [0.25, 0.3) is 0 Å². The average Bonchev–Trinajstić information content (AvgIpc) is 2.20. The highest BCUT2D eigenvalue weighted by Gasteiger charge is 1.98. The van der Waals surface area contributed by atoms with Crippen molar-refractivity contribution >= 4 is 11.6 Å². The Morgan fingerprint density at radius 3 is 2.64 bits per heavy atom. The number of rotatable bonds is 6. The Labute approximate surface area is 91.0 Å². The van der Waals surface area contributed by atoms with Gasteiger partial charge in [0.2, 0.25) is 0 Å². The molecule has 14 heavy (non-hydrogen) atoms. The first-order valence-electron chi connectivity index (χ1n) is 5.22. The maximum Gasteiger partial charge on any atom is 0.137 e. The Morgan fingerprint density at radius 2 is 1.93 bits per heavy atom. The van der Waals surface area contributed by atoms with Gasteiger partial charge >= 0.3 is 0 Å². The van der Waals surface area contributed by atoms with E-state index in [2.05, 4.69) is 6.92 Å². The number of hydrogen-bond donors (Lipinski definition) is 0. The Balaban J connectivity index is 2.21. The minimum Gasteiger partial charge on any atom is -0.492 e. The molecule has 78 valence electrons. The van der Waals surface area contributed by atoms with Crippen LogP contribution in [-0.4, -0.2) is 6.61 Å². The van der Waals surface area contributed by atoms with Crippen LogP contribution in [0.25, 0.3) is 0 Å². The number of para-hydroxylation sites is 1. The predicted octanol–water partition coefficient (Wildman–Crippen LogP) is 4.30. The van der Waals surface area contributed by atoms with E-state index in [9.17, 15) is 0 Å². The van der Waals surface area contributed by atoms with Crippen LogP contribution < -0.4 is 4.74 Å². The molecule has 0 N–H and O–H groups in total. The fourth-order valence-corrected chi connectivity index (χ4v) is 1.46. The summed E-state index contributed by atoms with van der Waals surface area (Å²) in [4.78, 5) is 0. The molecule has 0 radical (unpaired) electrons. The zero-order valence-corrected chi connectivity index (χ0v) is 9.39. The predicted molar refractivity (Wildman–Crippen MR) is 61.1 cm³/mol. The van der Waals surface area contributed by atoms with Gasteiger partial charge < -0.3 is 4.74 Å². The molecule has 0 aromatic heterocycles. The van der Waals surface area contributed by atoms with Crippen molar-refractivity contribution in [3.8, 4) is 5.75 Å². The SMILES string of the molecule is CCCCCCOc1ccccc1Cl. The van der Waals surface area contributed by atoms with E-state index < -0.39 is 0 Å². The molecule has 0 aliphatic rings. The quantitative estimate of drug-likeness (QED) is 0.639. The van der Waals surface area contributed by atoms with E-state index in [1.165, 1.54) is 19.3 Å². The van der Waals surface area contributed by atoms with Crippen molar-refractivity contribution in [2.75, 3.05) is 6.61 Å². The van der Waals surface area contributed by atoms with Crippen molar-refractivity contribution in [3.63, 3.8) is 0 Å². The smallest absolute Gasteiger partial charge is 0.137 e. The molecule has 1 aromatic rings. The van der Waals surface area contributed by atoms with E-state index in [-0.39, 0.29) is 0 Å². The van der Waals surface area contributed by atoms with Crippen molar-refractivity contribution in [2.24, 2.45) is 0 Å². The summed E-state index contributed by atoms with van der Waals surface area (Å²) in [5.74, 6) is 0.797. The van der Waals surface area contributed by atoms with E-state index in [1.54, 1.807) is 0 Å². The molecule has 1 rings (SSSR count). The number of ether oxygens (including phenoxy) is 1. The third-order valence-corrected chi connectivity index (χ3v) is 2.40. The zero-order chi connectivity index (χ0) is 10.2. The molecule has 0 unspecified atom stereocenters. The van der Waals surface area contributed by atoms with Gasteiger partial charge in [0, 0.05) is 0 Å². The van der Waals surface area contributed by atoms with E-state index in [1.807, 2.05) is 24.3 Å². The summed E-state index contributed by atoms with van der Waals surface area (Å²) >= 11 is 5.94. The molecule has 0 amide bonds. The summed E-state index contributed by atoms with van der Waals surface area (Å²) in [6.07, 6.45) is 4.89. The highest BCUT2D eigenvalue weighted by Crippen LogP contribution is 2.23. The maximum atomic E-state index is 5.94. The second-order valence-corrected chi connectivity index (χ2v) is 3.75. The first-order chi connectivity index (χ1) is 6.84. The molecule has 0 heterocycles. The molecule has 0 atom stereocenters. The van der Waals surface area contributed by atoms with Crippen LogP contribution in [0.15, 0.2) is 24.3 Å². The van der Waals surface area contributed by atoms with Crippen LogP contribution in [0.4, 0.5) is 0 Å². The summed E-state index contributed by atoms with van der Waals surface area (Å²) in [6.45, 7) is 2.97. The third kappa shape index (κ3) is 4.01. The fraction of sp³-hybridized carbons (Fsp3) is 0.500. The molecule has 0 spiro atoms. The monoisotopic (exact) mass is 212 g/mol. The summed E-state index contributed by atoms with van der Waals surface area (Å²) in [5, 5.41) is 0.697. The van der Waals surface area contributed by atoms with Crippen molar-refractivity contribution in [2.45, 2.75) is 32.6 Å².